The van der Waals surface area contributed by atoms with Crippen molar-refractivity contribution < 1.29 is 4.84 Å². The first-order valence-corrected chi connectivity index (χ1v) is 6.24. The smallest absolute Gasteiger partial charge is 0.175 e. The summed E-state index contributed by atoms with van der Waals surface area (Å²) in [6.45, 7) is 8.38. The first-order chi connectivity index (χ1) is 6.70. The van der Waals surface area contributed by atoms with Gasteiger partial charge in [-0.2, -0.15) is 0 Å². The van der Waals surface area contributed by atoms with Gasteiger partial charge in [0.05, 0.1) is 5.71 Å². The zero-order valence-corrected chi connectivity index (χ0v) is 9.69. The Balaban J connectivity index is 2.20. The molecule has 1 fully saturated rings. The van der Waals surface area contributed by atoms with Gasteiger partial charge >= 0.3 is 0 Å². The molecule has 0 spiro atoms. The van der Waals surface area contributed by atoms with Gasteiger partial charge in [-0.3, -0.25) is 0 Å². The molecule has 1 heterocycles. The fourth-order valence-corrected chi connectivity index (χ4v) is 3.40. The number of oxime groups is 1. The van der Waals surface area contributed by atoms with Crippen LogP contribution in [0.5, 0.6) is 0 Å². The second-order valence-corrected chi connectivity index (χ2v) is 5.37. The van der Waals surface area contributed by atoms with E-state index in [0.717, 1.165) is 17.9 Å². The first-order valence-electron chi connectivity index (χ1n) is 5.25. The molecule has 1 saturated carbocycles. The van der Waals surface area contributed by atoms with Gasteiger partial charge in [-0.1, -0.05) is 18.7 Å². The van der Waals surface area contributed by atoms with Crippen molar-refractivity contribution in [3.63, 3.8) is 0 Å². The molecule has 0 aromatic carbocycles. The van der Waals surface area contributed by atoms with E-state index in [2.05, 4.69) is 25.6 Å². The Labute approximate surface area is 89.8 Å². The highest BCUT2D eigenvalue weighted by Crippen LogP contribution is 2.50. The lowest BCUT2D eigenvalue weighted by Crippen LogP contribution is -2.34. The van der Waals surface area contributed by atoms with E-state index in [9.17, 15) is 0 Å². The van der Waals surface area contributed by atoms with Gasteiger partial charge in [0.25, 0.3) is 0 Å². The molecule has 0 saturated heterocycles. The summed E-state index contributed by atoms with van der Waals surface area (Å²) in [6, 6.07) is 0. The minimum Gasteiger partial charge on any atom is -0.383 e. The van der Waals surface area contributed by atoms with E-state index in [-0.39, 0.29) is 5.60 Å². The van der Waals surface area contributed by atoms with Crippen molar-refractivity contribution in [2.75, 3.05) is 5.75 Å². The lowest BCUT2D eigenvalue weighted by Gasteiger charge is -2.28. The van der Waals surface area contributed by atoms with Crippen LogP contribution in [0.15, 0.2) is 16.6 Å². The van der Waals surface area contributed by atoms with E-state index >= 15 is 0 Å². The van der Waals surface area contributed by atoms with Crippen LogP contribution in [-0.2, 0) is 4.84 Å². The van der Waals surface area contributed by atoms with Crippen LogP contribution in [0.4, 0.5) is 0 Å². The Kier molecular flexibility index (Phi) is 2.60. The third kappa shape index (κ3) is 1.29. The molecule has 1 aliphatic heterocycles. The lowest BCUT2D eigenvalue weighted by atomic mass is 9.88. The summed E-state index contributed by atoms with van der Waals surface area (Å²) in [7, 11) is 0. The van der Waals surface area contributed by atoms with Gasteiger partial charge in [0, 0.05) is 10.8 Å². The van der Waals surface area contributed by atoms with Gasteiger partial charge in [0.1, 0.15) is 0 Å². The second-order valence-electron chi connectivity index (χ2n) is 4.01. The van der Waals surface area contributed by atoms with Crippen molar-refractivity contribution in [3.8, 4) is 0 Å². The van der Waals surface area contributed by atoms with E-state index < -0.39 is 0 Å². The molecule has 0 radical (unpaired) electrons. The highest BCUT2D eigenvalue weighted by atomic mass is 32.2. The number of hydrogen-bond donors (Lipinski definition) is 0. The van der Waals surface area contributed by atoms with E-state index in [0.29, 0.717) is 5.92 Å². The molecule has 14 heavy (non-hydrogen) atoms. The van der Waals surface area contributed by atoms with Gasteiger partial charge in [-0.15, -0.1) is 11.8 Å². The van der Waals surface area contributed by atoms with E-state index in [1.165, 1.54) is 17.7 Å². The first kappa shape index (κ1) is 10.1. The van der Waals surface area contributed by atoms with Crippen molar-refractivity contribution in [1.29, 1.82) is 0 Å². The molecule has 2 rings (SSSR count). The summed E-state index contributed by atoms with van der Waals surface area (Å²) in [6.07, 6.45) is 3.53. The molecule has 2 unspecified atom stereocenters. The van der Waals surface area contributed by atoms with E-state index in [4.69, 9.17) is 4.84 Å². The van der Waals surface area contributed by atoms with Crippen molar-refractivity contribution >= 4 is 17.5 Å². The Morgan fingerprint density at radius 1 is 1.79 bits per heavy atom. The Morgan fingerprint density at radius 3 is 3.29 bits per heavy atom. The van der Waals surface area contributed by atoms with Crippen molar-refractivity contribution in [2.45, 2.75) is 38.7 Å². The average molecular weight is 211 g/mol. The zero-order chi connectivity index (χ0) is 10.2. The van der Waals surface area contributed by atoms with Crippen LogP contribution >= 0.6 is 11.8 Å². The maximum absolute atomic E-state index is 5.66. The molecule has 3 heteroatoms. The molecule has 0 aromatic heterocycles. The molecule has 2 aliphatic rings. The number of fused-ring (bicyclic) bond motifs is 1. The molecule has 1 aliphatic carbocycles. The summed E-state index contributed by atoms with van der Waals surface area (Å²) in [5, 5.41) is 4.14. The fraction of sp³-hybridized carbons (Fsp3) is 0.727. The van der Waals surface area contributed by atoms with Gasteiger partial charge < -0.3 is 4.84 Å². The van der Waals surface area contributed by atoms with Gasteiger partial charge in [-0.05, 0) is 31.9 Å². The third-order valence-electron chi connectivity index (χ3n) is 3.25. The number of thioether (sulfide) groups is 1. The molecule has 0 N–H and O–H groups in total. The molecule has 0 bridgehead atoms. The molecular weight excluding hydrogens is 194 g/mol. The summed E-state index contributed by atoms with van der Waals surface area (Å²) >= 11 is 1.80. The van der Waals surface area contributed by atoms with E-state index in [1.54, 1.807) is 11.8 Å². The number of nitrogens with zero attached hydrogens (tertiary/aromatic N) is 1. The maximum atomic E-state index is 5.66. The molecule has 78 valence electrons. The molecule has 2 nitrogen and oxygen atoms in total. The highest BCUT2D eigenvalue weighted by molar-refractivity contribution is 8.03. The minimum atomic E-state index is -0.148. The minimum absolute atomic E-state index is 0.148. The van der Waals surface area contributed by atoms with Crippen molar-refractivity contribution in [1.82, 2.24) is 0 Å². The molecule has 2 atom stereocenters. The van der Waals surface area contributed by atoms with Crippen LogP contribution < -0.4 is 0 Å². The Hall–Kier alpha value is -0.440. The summed E-state index contributed by atoms with van der Waals surface area (Å²) in [5.74, 6) is 1.56. The monoisotopic (exact) mass is 211 g/mol. The fourth-order valence-electron chi connectivity index (χ4n) is 2.53. The SMILES string of the molecule is C=C(SCC)C12CCCC1C(C)=NO2. The van der Waals surface area contributed by atoms with E-state index in [1.807, 2.05) is 0 Å². The average Bonchev–Trinajstić information content (AvgIpc) is 2.69. The Morgan fingerprint density at radius 2 is 2.57 bits per heavy atom. The predicted molar refractivity (Wildman–Crippen MR) is 61.5 cm³/mol. The third-order valence-corrected chi connectivity index (χ3v) is 4.23. The highest BCUT2D eigenvalue weighted by Gasteiger charge is 2.52. The quantitative estimate of drug-likeness (QED) is 0.715. The standard InChI is InChI=1S/C11H17NOS/c1-4-14-9(3)11-7-5-6-10(11)8(2)12-13-11/h10H,3-7H2,1-2H3. The normalized spacial score (nSPS) is 35.0. The van der Waals surface area contributed by atoms with Crippen molar-refractivity contribution in [3.05, 3.63) is 11.5 Å². The van der Waals surface area contributed by atoms with Crippen LogP contribution in [0.2, 0.25) is 0 Å². The second kappa shape index (κ2) is 3.61. The summed E-state index contributed by atoms with van der Waals surface area (Å²) < 4.78 is 0. The summed E-state index contributed by atoms with van der Waals surface area (Å²) in [4.78, 5) is 6.83. The van der Waals surface area contributed by atoms with Crippen LogP contribution in [-0.4, -0.2) is 17.1 Å². The van der Waals surface area contributed by atoms with Gasteiger partial charge in [0.2, 0.25) is 0 Å². The largest absolute Gasteiger partial charge is 0.383 e. The molecule has 0 aromatic rings. The molecule has 0 amide bonds. The number of rotatable bonds is 3. The summed E-state index contributed by atoms with van der Waals surface area (Å²) in [5.41, 5.74) is 1.01. The van der Waals surface area contributed by atoms with Crippen LogP contribution in [0, 0.1) is 5.92 Å². The van der Waals surface area contributed by atoms with Crippen molar-refractivity contribution in [2.24, 2.45) is 11.1 Å². The van der Waals surface area contributed by atoms with Gasteiger partial charge in [-0.25, -0.2) is 0 Å². The number of hydrogen-bond acceptors (Lipinski definition) is 3. The van der Waals surface area contributed by atoms with Gasteiger partial charge in [0.15, 0.2) is 5.60 Å². The Bertz CT molecular complexity index is 287. The lowest BCUT2D eigenvalue weighted by molar-refractivity contribution is 0.00552. The van der Waals surface area contributed by atoms with Crippen LogP contribution in [0.3, 0.4) is 0 Å². The van der Waals surface area contributed by atoms with Crippen LogP contribution in [0.1, 0.15) is 33.1 Å². The maximum Gasteiger partial charge on any atom is 0.175 e. The van der Waals surface area contributed by atoms with Crippen LogP contribution in [0.25, 0.3) is 0 Å². The zero-order valence-electron chi connectivity index (χ0n) is 8.88. The molecular formula is C11H17NOS. The topological polar surface area (TPSA) is 21.6 Å². The predicted octanol–water partition coefficient (Wildman–Crippen LogP) is 3.20.